The van der Waals surface area contributed by atoms with Crippen LogP contribution in [0.4, 0.5) is 0 Å². The Labute approximate surface area is 128 Å². The molecule has 0 aliphatic carbocycles. The van der Waals surface area contributed by atoms with E-state index in [9.17, 15) is 4.79 Å². The largest absolute Gasteiger partial charge is 0.402 e. The highest BCUT2D eigenvalue weighted by atomic mass is 79.9. The van der Waals surface area contributed by atoms with Gasteiger partial charge in [-0.1, -0.05) is 17.7 Å². The molecule has 2 heterocycles. The number of halogens is 1. The predicted molar refractivity (Wildman–Crippen MR) is 83.8 cm³/mol. The summed E-state index contributed by atoms with van der Waals surface area (Å²) in [5, 5.41) is 1.96. The summed E-state index contributed by atoms with van der Waals surface area (Å²) in [4.78, 5) is 17.1. The third-order valence-electron chi connectivity index (χ3n) is 2.79. The van der Waals surface area contributed by atoms with Crippen molar-refractivity contribution in [1.82, 2.24) is 0 Å². The summed E-state index contributed by atoms with van der Waals surface area (Å²) in [5.74, 6) is -0.0537. The fraction of sp³-hybridized carbons (Fsp3) is 0.0667. The van der Waals surface area contributed by atoms with Crippen molar-refractivity contribution in [3.63, 3.8) is 0 Å². The van der Waals surface area contributed by atoms with Crippen molar-refractivity contribution in [2.75, 3.05) is 0 Å². The van der Waals surface area contributed by atoms with Crippen LogP contribution < -0.4 is 0 Å². The van der Waals surface area contributed by atoms with Crippen LogP contribution in [-0.2, 0) is 9.53 Å². The van der Waals surface area contributed by atoms with E-state index in [4.69, 9.17) is 4.74 Å². The third kappa shape index (κ3) is 2.73. The Bertz CT molecular complexity index is 729. The SMILES string of the molecule is Cc1ccc(C2=NC(=Cc3cc(Br)cs3)C(=O)O2)cc1. The van der Waals surface area contributed by atoms with Gasteiger partial charge in [-0.15, -0.1) is 11.3 Å². The van der Waals surface area contributed by atoms with E-state index in [2.05, 4.69) is 20.9 Å². The molecule has 0 unspecified atom stereocenters. The van der Waals surface area contributed by atoms with Gasteiger partial charge in [-0.05, 0) is 47.1 Å². The van der Waals surface area contributed by atoms with Gasteiger partial charge in [0.1, 0.15) is 0 Å². The monoisotopic (exact) mass is 347 g/mol. The normalized spacial score (nSPS) is 16.4. The fourth-order valence-corrected chi connectivity index (χ4v) is 3.14. The molecule has 0 N–H and O–H groups in total. The maximum atomic E-state index is 11.8. The lowest BCUT2D eigenvalue weighted by Gasteiger charge is -1.99. The average molecular weight is 348 g/mol. The first-order valence-corrected chi connectivity index (χ1v) is 7.63. The van der Waals surface area contributed by atoms with Crippen LogP contribution in [0.2, 0.25) is 0 Å². The molecule has 0 amide bonds. The summed E-state index contributed by atoms with van der Waals surface area (Å²) >= 11 is 4.92. The molecule has 5 heteroatoms. The molecular formula is C15H10BrNO2S. The number of cyclic esters (lactones) is 1. The quantitative estimate of drug-likeness (QED) is 0.604. The van der Waals surface area contributed by atoms with Crippen LogP contribution in [0.1, 0.15) is 16.0 Å². The number of aliphatic imine (C=N–C) groups is 1. The molecule has 1 aromatic heterocycles. The third-order valence-corrected chi connectivity index (χ3v) is 4.43. The van der Waals surface area contributed by atoms with Gasteiger partial charge in [0.05, 0.1) is 0 Å². The summed E-state index contributed by atoms with van der Waals surface area (Å²) in [6.07, 6.45) is 1.74. The highest BCUT2D eigenvalue weighted by molar-refractivity contribution is 9.10. The number of rotatable bonds is 2. The smallest absolute Gasteiger partial charge is 0.363 e. The summed E-state index contributed by atoms with van der Waals surface area (Å²) in [7, 11) is 0. The first-order valence-electron chi connectivity index (χ1n) is 5.95. The van der Waals surface area contributed by atoms with Crippen molar-refractivity contribution < 1.29 is 9.53 Å². The van der Waals surface area contributed by atoms with Gasteiger partial charge in [-0.25, -0.2) is 9.79 Å². The second kappa shape index (κ2) is 5.34. The fourth-order valence-electron chi connectivity index (χ4n) is 1.77. The first kappa shape index (κ1) is 13.3. The van der Waals surface area contributed by atoms with E-state index in [1.165, 1.54) is 11.3 Å². The molecule has 3 nitrogen and oxygen atoms in total. The molecule has 1 aromatic carbocycles. The van der Waals surface area contributed by atoms with Crippen LogP contribution in [0.25, 0.3) is 6.08 Å². The lowest BCUT2D eigenvalue weighted by molar-refractivity contribution is -0.129. The van der Waals surface area contributed by atoms with E-state index < -0.39 is 5.97 Å². The highest BCUT2D eigenvalue weighted by Gasteiger charge is 2.24. The molecule has 0 saturated carbocycles. The van der Waals surface area contributed by atoms with E-state index in [-0.39, 0.29) is 0 Å². The van der Waals surface area contributed by atoms with Gasteiger partial charge >= 0.3 is 5.97 Å². The van der Waals surface area contributed by atoms with Gasteiger partial charge in [0, 0.05) is 20.3 Å². The van der Waals surface area contributed by atoms with Crippen LogP contribution >= 0.6 is 27.3 Å². The van der Waals surface area contributed by atoms with Crippen LogP contribution in [0.15, 0.2) is 50.9 Å². The Balaban J connectivity index is 1.92. The van der Waals surface area contributed by atoms with E-state index in [1.54, 1.807) is 6.08 Å². The summed E-state index contributed by atoms with van der Waals surface area (Å²) in [6.45, 7) is 2.01. The van der Waals surface area contributed by atoms with E-state index in [0.717, 1.165) is 20.5 Å². The topological polar surface area (TPSA) is 38.7 Å². The second-order valence-electron chi connectivity index (χ2n) is 4.37. The molecule has 20 heavy (non-hydrogen) atoms. The number of aryl methyl sites for hydroxylation is 1. The molecule has 0 fully saturated rings. The molecule has 0 bridgehead atoms. The minimum Gasteiger partial charge on any atom is -0.402 e. The molecule has 0 radical (unpaired) electrons. The second-order valence-corrected chi connectivity index (χ2v) is 6.23. The zero-order chi connectivity index (χ0) is 14.1. The van der Waals surface area contributed by atoms with Crippen molar-refractivity contribution in [1.29, 1.82) is 0 Å². The Morgan fingerprint density at radius 1 is 1.30 bits per heavy atom. The number of ether oxygens (including phenoxy) is 1. The Morgan fingerprint density at radius 2 is 2.05 bits per heavy atom. The molecule has 0 spiro atoms. The zero-order valence-corrected chi connectivity index (χ0v) is 13.0. The average Bonchev–Trinajstić information content (AvgIpc) is 2.98. The summed E-state index contributed by atoms with van der Waals surface area (Å²) in [6, 6.07) is 9.65. The van der Waals surface area contributed by atoms with Crippen molar-refractivity contribution in [2.24, 2.45) is 4.99 Å². The van der Waals surface area contributed by atoms with Gasteiger partial charge in [-0.3, -0.25) is 0 Å². The number of carbonyl (C=O) groups excluding carboxylic acids is 1. The number of thiophene rings is 1. The zero-order valence-electron chi connectivity index (χ0n) is 10.6. The van der Waals surface area contributed by atoms with Gasteiger partial charge in [-0.2, -0.15) is 0 Å². The lowest BCUT2D eigenvalue weighted by Crippen LogP contribution is -2.05. The van der Waals surface area contributed by atoms with Gasteiger partial charge in [0.15, 0.2) is 5.70 Å². The minimum atomic E-state index is -0.412. The van der Waals surface area contributed by atoms with Gasteiger partial charge in [0.2, 0.25) is 5.90 Å². The first-order chi connectivity index (χ1) is 9.61. The Kier molecular flexibility index (Phi) is 3.54. The molecule has 1 aliphatic heterocycles. The van der Waals surface area contributed by atoms with Gasteiger partial charge in [0.25, 0.3) is 0 Å². The Hall–Kier alpha value is -1.72. The minimum absolute atomic E-state index is 0.329. The highest BCUT2D eigenvalue weighted by Crippen LogP contribution is 2.25. The maximum absolute atomic E-state index is 11.8. The summed E-state index contributed by atoms with van der Waals surface area (Å²) < 4.78 is 6.20. The number of hydrogen-bond donors (Lipinski definition) is 0. The van der Waals surface area contributed by atoms with Crippen molar-refractivity contribution in [3.05, 3.63) is 61.9 Å². The van der Waals surface area contributed by atoms with E-state index in [1.807, 2.05) is 42.6 Å². The predicted octanol–water partition coefficient (Wildman–Crippen LogP) is 4.16. The van der Waals surface area contributed by atoms with Crippen LogP contribution in [-0.4, -0.2) is 11.9 Å². The molecule has 100 valence electrons. The number of benzene rings is 1. The number of nitrogens with zero attached hydrogens (tertiary/aromatic N) is 1. The molecule has 1 aliphatic rings. The maximum Gasteiger partial charge on any atom is 0.363 e. The number of esters is 1. The number of hydrogen-bond acceptors (Lipinski definition) is 4. The van der Waals surface area contributed by atoms with Crippen molar-refractivity contribution >= 4 is 45.2 Å². The van der Waals surface area contributed by atoms with Gasteiger partial charge < -0.3 is 4.74 Å². The van der Waals surface area contributed by atoms with Crippen molar-refractivity contribution in [3.8, 4) is 0 Å². The standard InChI is InChI=1S/C15H10BrNO2S/c1-9-2-4-10(5-3-9)14-17-13(15(18)19-14)7-12-6-11(16)8-20-12/h2-8H,1H3. The Morgan fingerprint density at radius 3 is 2.70 bits per heavy atom. The molecular weight excluding hydrogens is 338 g/mol. The summed E-state index contributed by atoms with van der Waals surface area (Å²) in [5.41, 5.74) is 2.28. The van der Waals surface area contributed by atoms with Crippen LogP contribution in [0.3, 0.4) is 0 Å². The van der Waals surface area contributed by atoms with Crippen LogP contribution in [0.5, 0.6) is 0 Å². The van der Waals surface area contributed by atoms with Crippen molar-refractivity contribution in [2.45, 2.75) is 6.92 Å². The van der Waals surface area contributed by atoms with E-state index in [0.29, 0.717) is 11.6 Å². The van der Waals surface area contributed by atoms with Crippen LogP contribution in [0, 0.1) is 6.92 Å². The molecule has 2 aromatic rings. The molecule has 0 saturated heterocycles. The molecule has 3 rings (SSSR count). The number of carbonyl (C=O) groups is 1. The lowest BCUT2D eigenvalue weighted by atomic mass is 10.1. The molecule has 0 atom stereocenters. The van der Waals surface area contributed by atoms with E-state index >= 15 is 0 Å².